The second-order valence-electron chi connectivity index (χ2n) is 4.01. The van der Waals surface area contributed by atoms with Gasteiger partial charge in [0.25, 0.3) is 0 Å². The van der Waals surface area contributed by atoms with Crippen molar-refractivity contribution in [1.29, 1.82) is 5.26 Å². The van der Waals surface area contributed by atoms with Crippen molar-refractivity contribution < 1.29 is 0 Å². The number of nitriles is 1. The molecule has 1 aromatic carbocycles. The Bertz CT molecular complexity index is 393. The molecule has 0 unspecified atom stereocenters. The summed E-state index contributed by atoms with van der Waals surface area (Å²) in [4.78, 5) is 0. The smallest absolute Gasteiger partial charge is 0.101 e. The van der Waals surface area contributed by atoms with Gasteiger partial charge in [0.05, 0.1) is 11.3 Å². The predicted molar refractivity (Wildman–Crippen MR) is 65.6 cm³/mol. The topological polar surface area (TPSA) is 61.8 Å². The van der Waals surface area contributed by atoms with Crippen molar-refractivity contribution in [1.82, 2.24) is 0 Å². The summed E-state index contributed by atoms with van der Waals surface area (Å²) >= 11 is 3.33. The van der Waals surface area contributed by atoms with E-state index in [9.17, 15) is 0 Å². The van der Waals surface area contributed by atoms with Crippen molar-refractivity contribution in [2.75, 3.05) is 11.9 Å². The van der Waals surface area contributed by atoms with Gasteiger partial charge in [0.2, 0.25) is 0 Å². The first kappa shape index (κ1) is 12.0. The molecular weight excluding hydrogens is 254 g/mol. The summed E-state index contributed by atoms with van der Waals surface area (Å²) in [6.07, 6.45) is 0. The fourth-order valence-corrected chi connectivity index (χ4v) is 1.49. The molecule has 1 rings (SSSR count). The molecule has 0 bridgehead atoms. The predicted octanol–water partition coefficient (Wildman–Crippen LogP) is 2.47. The second-order valence-corrected chi connectivity index (χ2v) is 4.93. The van der Waals surface area contributed by atoms with Crippen LogP contribution in [0.25, 0.3) is 0 Å². The van der Waals surface area contributed by atoms with Gasteiger partial charge in [-0.15, -0.1) is 0 Å². The number of hydrogen-bond acceptors (Lipinski definition) is 3. The van der Waals surface area contributed by atoms with Crippen molar-refractivity contribution in [3.05, 3.63) is 28.2 Å². The van der Waals surface area contributed by atoms with E-state index in [-0.39, 0.29) is 5.54 Å². The fourth-order valence-electron chi connectivity index (χ4n) is 1.13. The van der Waals surface area contributed by atoms with Crippen LogP contribution < -0.4 is 11.1 Å². The van der Waals surface area contributed by atoms with Crippen molar-refractivity contribution in [2.24, 2.45) is 5.73 Å². The number of rotatable bonds is 3. The lowest BCUT2D eigenvalue weighted by Gasteiger charge is -2.26. The number of anilines is 1. The van der Waals surface area contributed by atoms with Crippen LogP contribution in [0.4, 0.5) is 5.69 Å². The fraction of sp³-hybridized carbons (Fsp3) is 0.364. The molecule has 0 fully saturated rings. The molecule has 0 spiro atoms. The van der Waals surface area contributed by atoms with Gasteiger partial charge in [0, 0.05) is 16.6 Å². The zero-order valence-corrected chi connectivity index (χ0v) is 10.4. The molecule has 1 aromatic rings. The molecule has 3 nitrogen and oxygen atoms in total. The van der Waals surface area contributed by atoms with Gasteiger partial charge in [-0.1, -0.05) is 15.9 Å². The van der Waals surface area contributed by atoms with Crippen molar-refractivity contribution in [3.63, 3.8) is 0 Å². The van der Waals surface area contributed by atoms with E-state index in [1.54, 1.807) is 6.07 Å². The highest BCUT2D eigenvalue weighted by atomic mass is 79.9. The molecule has 0 aliphatic carbocycles. The zero-order valence-electron chi connectivity index (χ0n) is 8.84. The Labute approximate surface area is 98.4 Å². The van der Waals surface area contributed by atoms with Crippen molar-refractivity contribution in [2.45, 2.75) is 19.4 Å². The molecule has 3 N–H and O–H groups in total. The van der Waals surface area contributed by atoms with Crippen LogP contribution in [0.15, 0.2) is 22.7 Å². The van der Waals surface area contributed by atoms with E-state index in [0.717, 1.165) is 10.2 Å². The quantitative estimate of drug-likeness (QED) is 0.885. The Morgan fingerprint density at radius 3 is 2.73 bits per heavy atom. The summed E-state index contributed by atoms with van der Waals surface area (Å²) in [5.74, 6) is 0. The van der Waals surface area contributed by atoms with Gasteiger partial charge in [-0.05, 0) is 32.0 Å². The van der Waals surface area contributed by atoms with E-state index < -0.39 is 0 Å². The largest absolute Gasteiger partial charge is 0.378 e. The Morgan fingerprint density at radius 1 is 1.53 bits per heavy atom. The minimum atomic E-state index is -0.209. The molecule has 0 saturated heterocycles. The maximum atomic E-state index is 8.97. The average molecular weight is 268 g/mol. The summed E-state index contributed by atoms with van der Waals surface area (Å²) < 4.78 is 0.898. The molecule has 0 atom stereocenters. The van der Waals surface area contributed by atoms with Crippen LogP contribution in [0.2, 0.25) is 0 Å². The highest BCUT2D eigenvalue weighted by Crippen LogP contribution is 2.22. The third-order valence-electron chi connectivity index (χ3n) is 2.09. The summed E-state index contributed by atoms with van der Waals surface area (Å²) in [6, 6.07) is 7.71. The first-order valence-corrected chi connectivity index (χ1v) is 5.46. The molecule has 0 heterocycles. The Kier molecular flexibility index (Phi) is 3.72. The van der Waals surface area contributed by atoms with Crippen molar-refractivity contribution >= 4 is 21.6 Å². The zero-order chi connectivity index (χ0) is 11.5. The molecule has 80 valence electrons. The van der Waals surface area contributed by atoms with Crippen LogP contribution in [-0.2, 0) is 0 Å². The van der Waals surface area contributed by atoms with E-state index in [2.05, 4.69) is 27.3 Å². The Balaban J connectivity index is 3.01. The molecule has 0 radical (unpaired) electrons. The molecule has 0 aromatic heterocycles. The van der Waals surface area contributed by atoms with Crippen LogP contribution in [0, 0.1) is 11.3 Å². The van der Waals surface area contributed by atoms with Crippen molar-refractivity contribution in [3.8, 4) is 6.07 Å². The van der Waals surface area contributed by atoms with Gasteiger partial charge in [-0.2, -0.15) is 5.26 Å². The minimum absolute atomic E-state index is 0.209. The maximum Gasteiger partial charge on any atom is 0.101 e. The summed E-state index contributed by atoms with van der Waals surface area (Å²) in [7, 11) is 0. The highest BCUT2D eigenvalue weighted by Gasteiger charge is 2.16. The third-order valence-corrected chi connectivity index (χ3v) is 2.58. The number of benzene rings is 1. The number of nitrogens with one attached hydrogen (secondary N) is 1. The molecular formula is C11H14BrN3. The first-order chi connectivity index (χ1) is 6.98. The van der Waals surface area contributed by atoms with Gasteiger partial charge in [0.1, 0.15) is 6.07 Å². The number of nitrogens with two attached hydrogens (primary N) is 1. The van der Waals surface area contributed by atoms with E-state index in [1.807, 2.05) is 26.0 Å². The van der Waals surface area contributed by atoms with Crippen LogP contribution in [0.1, 0.15) is 19.4 Å². The van der Waals surface area contributed by atoms with Gasteiger partial charge in [0.15, 0.2) is 0 Å². The lowest BCUT2D eigenvalue weighted by Crippen LogP contribution is -2.39. The maximum absolute atomic E-state index is 8.97. The third kappa shape index (κ3) is 3.22. The molecule has 0 saturated carbocycles. The molecule has 15 heavy (non-hydrogen) atoms. The van der Waals surface area contributed by atoms with Crippen LogP contribution in [0.5, 0.6) is 0 Å². The molecule has 0 aliphatic heterocycles. The first-order valence-electron chi connectivity index (χ1n) is 4.66. The van der Waals surface area contributed by atoms with Crippen LogP contribution >= 0.6 is 15.9 Å². The molecule has 0 aliphatic rings. The average Bonchev–Trinajstić information content (AvgIpc) is 2.20. The molecule has 4 heteroatoms. The van der Waals surface area contributed by atoms with Crippen LogP contribution in [-0.4, -0.2) is 12.1 Å². The summed E-state index contributed by atoms with van der Waals surface area (Å²) in [5, 5.41) is 12.2. The Morgan fingerprint density at radius 2 is 2.20 bits per heavy atom. The minimum Gasteiger partial charge on any atom is -0.378 e. The Hall–Kier alpha value is -1.05. The van der Waals surface area contributed by atoms with E-state index in [1.165, 1.54) is 0 Å². The summed E-state index contributed by atoms with van der Waals surface area (Å²) in [5.41, 5.74) is 6.84. The lowest BCUT2D eigenvalue weighted by atomic mass is 10.0. The second kappa shape index (κ2) is 4.65. The normalized spacial score (nSPS) is 10.9. The highest BCUT2D eigenvalue weighted by molar-refractivity contribution is 9.10. The monoisotopic (exact) mass is 267 g/mol. The van der Waals surface area contributed by atoms with E-state index >= 15 is 0 Å². The number of halogens is 1. The number of hydrogen-bond donors (Lipinski definition) is 2. The van der Waals surface area contributed by atoms with Gasteiger partial charge in [-0.3, -0.25) is 0 Å². The van der Waals surface area contributed by atoms with Gasteiger partial charge >= 0.3 is 0 Å². The van der Waals surface area contributed by atoms with Crippen LogP contribution in [0.3, 0.4) is 0 Å². The molecule has 0 amide bonds. The number of nitrogens with zero attached hydrogens (tertiary/aromatic N) is 1. The van der Waals surface area contributed by atoms with E-state index in [0.29, 0.717) is 12.1 Å². The van der Waals surface area contributed by atoms with Gasteiger partial charge < -0.3 is 11.1 Å². The lowest BCUT2D eigenvalue weighted by molar-refractivity contribution is 0.580. The van der Waals surface area contributed by atoms with E-state index in [4.69, 9.17) is 11.0 Å². The summed E-state index contributed by atoms with van der Waals surface area (Å²) in [6.45, 7) is 4.50. The standard InChI is InChI=1S/C11H14BrN3/c1-11(2,7-14)15-10-4-3-9(12)5-8(10)6-13/h3-5,15H,7,14H2,1-2H3. The SMILES string of the molecule is CC(C)(CN)Nc1ccc(Br)cc1C#N. The van der Waals surface area contributed by atoms with Gasteiger partial charge in [-0.25, -0.2) is 0 Å².